The van der Waals surface area contributed by atoms with Gasteiger partial charge in [0.2, 0.25) is 5.91 Å². The third-order valence-electron chi connectivity index (χ3n) is 2.36. The summed E-state index contributed by atoms with van der Waals surface area (Å²) in [5.41, 5.74) is 2.72. The summed E-state index contributed by atoms with van der Waals surface area (Å²) in [5, 5.41) is 8.02. The zero-order valence-corrected chi connectivity index (χ0v) is 11.1. The van der Waals surface area contributed by atoms with Gasteiger partial charge in [-0.2, -0.15) is 0 Å². The maximum absolute atomic E-state index is 11.6. The number of rotatable bonds is 3. The summed E-state index contributed by atoms with van der Waals surface area (Å²) in [6.07, 6.45) is 0.947. The molecule has 0 unspecified atom stereocenters. The standard InChI is InChI=1S/C9H13N3OS.2ClH/c13-9(7-1-2-10-3-7)11-4-8-5-14-6-12-8;;/h5-7,10H,1-4H2,(H,11,13);2*1H/t7-;;/m0../s1. The fourth-order valence-electron chi connectivity index (χ4n) is 1.53. The second kappa shape index (κ2) is 7.84. The molecule has 1 aliphatic rings. The topological polar surface area (TPSA) is 54.0 Å². The molecule has 0 spiro atoms. The van der Waals surface area contributed by atoms with Gasteiger partial charge in [-0.15, -0.1) is 36.2 Å². The number of hydrogen-bond acceptors (Lipinski definition) is 4. The van der Waals surface area contributed by atoms with E-state index in [4.69, 9.17) is 0 Å². The first kappa shape index (κ1) is 15.6. The Bertz CT molecular complexity index is 302. The molecule has 0 aromatic carbocycles. The van der Waals surface area contributed by atoms with Crippen molar-refractivity contribution < 1.29 is 4.79 Å². The van der Waals surface area contributed by atoms with Crippen molar-refractivity contribution in [2.45, 2.75) is 13.0 Å². The molecule has 0 bridgehead atoms. The summed E-state index contributed by atoms with van der Waals surface area (Å²) in [4.78, 5) is 15.7. The third-order valence-corrected chi connectivity index (χ3v) is 2.99. The molecule has 4 nitrogen and oxygen atoms in total. The second-order valence-corrected chi connectivity index (χ2v) is 4.11. The second-order valence-electron chi connectivity index (χ2n) is 3.39. The molecule has 2 rings (SSSR count). The van der Waals surface area contributed by atoms with Gasteiger partial charge in [0, 0.05) is 11.9 Å². The normalized spacial score (nSPS) is 18.4. The molecule has 16 heavy (non-hydrogen) atoms. The van der Waals surface area contributed by atoms with Gasteiger partial charge in [0.25, 0.3) is 0 Å². The van der Waals surface area contributed by atoms with Crippen LogP contribution in [-0.2, 0) is 11.3 Å². The summed E-state index contributed by atoms with van der Waals surface area (Å²) >= 11 is 1.55. The van der Waals surface area contributed by atoms with E-state index >= 15 is 0 Å². The molecule has 92 valence electrons. The van der Waals surface area contributed by atoms with Crippen LogP contribution in [0.25, 0.3) is 0 Å². The Morgan fingerprint density at radius 1 is 1.62 bits per heavy atom. The summed E-state index contributed by atoms with van der Waals surface area (Å²) < 4.78 is 0. The van der Waals surface area contributed by atoms with E-state index in [0.717, 1.165) is 25.2 Å². The Kier molecular flexibility index (Phi) is 7.66. The molecule has 1 amide bonds. The molecule has 1 fully saturated rings. The predicted octanol–water partition coefficient (Wildman–Crippen LogP) is 1.21. The van der Waals surface area contributed by atoms with E-state index in [1.54, 1.807) is 16.8 Å². The number of nitrogens with zero attached hydrogens (tertiary/aromatic N) is 1. The molecular weight excluding hydrogens is 269 g/mol. The lowest BCUT2D eigenvalue weighted by atomic mass is 10.1. The van der Waals surface area contributed by atoms with Crippen molar-refractivity contribution in [2.75, 3.05) is 13.1 Å². The largest absolute Gasteiger partial charge is 0.350 e. The Hall–Kier alpha value is -0.360. The van der Waals surface area contributed by atoms with Gasteiger partial charge in [-0.25, -0.2) is 4.98 Å². The minimum Gasteiger partial charge on any atom is -0.350 e. The number of thiazole rings is 1. The van der Waals surface area contributed by atoms with Crippen LogP contribution in [0.3, 0.4) is 0 Å². The maximum Gasteiger partial charge on any atom is 0.224 e. The number of nitrogens with one attached hydrogen (secondary N) is 2. The monoisotopic (exact) mass is 283 g/mol. The van der Waals surface area contributed by atoms with Crippen molar-refractivity contribution in [3.63, 3.8) is 0 Å². The SMILES string of the molecule is Cl.Cl.O=C(NCc1cscn1)[C@H]1CCNC1. The number of halogens is 2. The Morgan fingerprint density at radius 3 is 3.00 bits per heavy atom. The first-order valence-electron chi connectivity index (χ1n) is 4.72. The molecule has 1 saturated heterocycles. The van der Waals surface area contributed by atoms with Gasteiger partial charge in [-0.3, -0.25) is 4.79 Å². The lowest BCUT2D eigenvalue weighted by Gasteiger charge is -2.07. The average molecular weight is 284 g/mol. The first-order chi connectivity index (χ1) is 6.86. The molecule has 0 aliphatic carbocycles. The molecular formula is C9H15Cl2N3OS. The van der Waals surface area contributed by atoms with Crippen molar-refractivity contribution >= 4 is 42.1 Å². The van der Waals surface area contributed by atoms with Crippen LogP contribution in [-0.4, -0.2) is 24.0 Å². The highest BCUT2D eigenvalue weighted by molar-refractivity contribution is 7.07. The third kappa shape index (κ3) is 4.25. The Labute approximate surface area is 111 Å². The predicted molar refractivity (Wildman–Crippen MR) is 69.4 cm³/mol. The number of carbonyl (C=O) groups is 1. The van der Waals surface area contributed by atoms with Gasteiger partial charge in [0.05, 0.1) is 23.7 Å². The molecule has 0 radical (unpaired) electrons. The Morgan fingerprint density at radius 2 is 2.44 bits per heavy atom. The quantitative estimate of drug-likeness (QED) is 0.877. The summed E-state index contributed by atoms with van der Waals surface area (Å²) in [7, 11) is 0. The van der Waals surface area contributed by atoms with Gasteiger partial charge in [0.15, 0.2) is 0 Å². The van der Waals surface area contributed by atoms with E-state index in [1.807, 2.05) is 5.38 Å². The van der Waals surface area contributed by atoms with E-state index in [2.05, 4.69) is 15.6 Å². The van der Waals surface area contributed by atoms with Crippen molar-refractivity contribution in [3.8, 4) is 0 Å². The van der Waals surface area contributed by atoms with Crippen LogP contribution < -0.4 is 10.6 Å². The minimum absolute atomic E-state index is 0. The molecule has 7 heteroatoms. The van der Waals surface area contributed by atoms with E-state index in [0.29, 0.717) is 6.54 Å². The molecule has 1 aromatic rings. The minimum atomic E-state index is 0. The highest BCUT2D eigenvalue weighted by Crippen LogP contribution is 2.07. The Balaban J connectivity index is 0.00000112. The van der Waals surface area contributed by atoms with E-state index in [9.17, 15) is 4.79 Å². The molecule has 1 aromatic heterocycles. The van der Waals surface area contributed by atoms with E-state index in [1.165, 1.54) is 0 Å². The first-order valence-corrected chi connectivity index (χ1v) is 5.66. The van der Waals surface area contributed by atoms with Crippen LogP contribution in [0.1, 0.15) is 12.1 Å². The van der Waals surface area contributed by atoms with Gasteiger partial charge in [-0.1, -0.05) is 0 Å². The zero-order valence-electron chi connectivity index (χ0n) is 8.64. The van der Waals surface area contributed by atoms with Crippen LogP contribution >= 0.6 is 36.2 Å². The average Bonchev–Trinajstić information content (AvgIpc) is 2.87. The smallest absolute Gasteiger partial charge is 0.224 e. The number of hydrogen-bond donors (Lipinski definition) is 2. The van der Waals surface area contributed by atoms with E-state index in [-0.39, 0.29) is 36.6 Å². The molecule has 2 heterocycles. The van der Waals surface area contributed by atoms with Crippen LogP contribution in [0, 0.1) is 5.92 Å². The fourth-order valence-corrected chi connectivity index (χ4v) is 2.08. The summed E-state index contributed by atoms with van der Waals surface area (Å²) in [5.74, 6) is 0.289. The van der Waals surface area contributed by atoms with Crippen LogP contribution in [0.5, 0.6) is 0 Å². The van der Waals surface area contributed by atoms with Crippen molar-refractivity contribution in [2.24, 2.45) is 5.92 Å². The molecule has 1 atom stereocenters. The van der Waals surface area contributed by atoms with Gasteiger partial charge in [0.1, 0.15) is 0 Å². The lowest BCUT2D eigenvalue weighted by Crippen LogP contribution is -2.31. The number of amides is 1. The van der Waals surface area contributed by atoms with Gasteiger partial charge < -0.3 is 10.6 Å². The fraction of sp³-hybridized carbons (Fsp3) is 0.556. The summed E-state index contributed by atoms with van der Waals surface area (Å²) in [6, 6.07) is 0. The lowest BCUT2D eigenvalue weighted by molar-refractivity contribution is -0.124. The zero-order chi connectivity index (χ0) is 9.80. The van der Waals surface area contributed by atoms with Crippen LogP contribution in [0.15, 0.2) is 10.9 Å². The highest BCUT2D eigenvalue weighted by atomic mass is 35.5. The molecule has 2 N–H and O–H groups in total. The van der Waals surface area contributed by atoms with Gasteiger partial charge in [-0.05, 0) is 13.0 Å². The molecule has 1 aliphatic heterocycles. The van der Waals surface area contributed by atoms with Crippen molar-refractivity contribution in [1.29, 1.82) is 0 Å². The van der Waals surface area contributed by atoms with E-state index < -0.39 is 0 Å². The van der Waals surface area contributed by atoms with Gasteiger partial charge >= 0.3 is 0 Å². The number of aromatic nitrogens is 1. The van der Waals surface area contributed by atoms with Crippen molar-refractivity contribution in [1.82, 2.24) is 15.6 Å². The maximum atomic E-state index is 11.6. The van der Waals surface area contributed by atoms with Crippen LogP contribution in [0.2, 0.25) is 0 Å². The van der Waals surface area contributed by atoms with Crippen LogP contribution in [0.4, 0.5) is 0 Å². The van der Waals surface area contributed by atoms with Crippen molar-refractivity contribution in [3.05, 3.63) is 16.6 Å². The number of carbonyl (C=O) groups excluding carboxylic acids is 1. The molecule has 0 saturated carbocycles. The highest BCUT2D eigenvalue weighted by Gasteiger charge is 2.21. The summed E-state index contributed by atoms with van der Waals surface area (Å²) in [6.45, 7) is 2.32.